The minimum Gasteiger partial charge on any atom is -0.497 e. The lowest BCUT2D eigenvalue weighted by Crippen LogP contribution is -2.44. The van der Waals surface area contributed by atoms with Crippen molar-refractivity contribution in [2.24, 2.45) is 4.99 Å². The van der Waals surface area contributed by atoms with Crippen molar-refractivity contribution in [1.29, 1.82) is 0 Å². The van der Waals surface area contributed by atoms with Crippen LogP contribution in [0, 0.1) is 0 Å². The molecule has 9 heteroatoms. The van der Waals surface area contributed by atoms with Crippen molar-refractivity contribution in [1.82, 2.24) is 10.6 Å². The maximum atomic E-state index is 12.7. The van der Waals surface area contributed by atoms with Crippen LogP contribution in [-0.4, -0.2) is 45.4 Å². The van der Waals surface area contributed by atoms with Gasteiger partial charge in [0.1, 0.15) is 11.5 Å². The molecule has 0 radical (unpaired) electrons. The third-order valence-electron chi connectivity index (χ3n) is 4.85. The van der Waals surface area contributed by atoms with Crippen molar-refractivity contribution in [2.75, 3.05) is 31.6 Å². The Morgan fingerprint density at radius 1 is 1.23 bits per heavy atom. The summed E-state index contributed by atoms with van der Waals surface area (Å²) >= 11 is 0. The molecule has 170 valence electrons. The van der Waals surface area contributed by atoms with Gasteiger partial charge < -0.3 is 25.0 Å². The summed E-state index contributed by atoms with van der Waals surface area (Å²) in [6, 6.07) is 14.9. The fourth-order valence-electron chi connectivity index (χ4n) is 3.47. The maximum Gasteiger partial charge on any atom is 0.387 e. The van der Waals surface area contributed by atoms with Crippen LogP contribution in [0.25, 0.3) is 0 Å². The second-order valence-corrected chi connectivity index (χ2v) is 6.97. The van der Waals surface area contributed by atoms with E-state index in [1.165, 1.54) is 0 Å². The number of halogens is 3. The lowest BCUT2D eigenvalue weighted by Gasteiger charge is -2.22. The van der Waals surface area contributed by atoms with Gasteiger partial charge in [0.25, 0.3) is 0 Å². The molecule has 1 fully saturated rings. The van der Waals surface area contributed by atoms with Gasteiger partial charge in [-0.2, -0.15) is 8.78 Å². The molecule has 6 nitrogen and oxygen atoms in total. The first-order valence-electron chi connectivity index (χ1n) is 10.1. The van der Waals surface area contributed by atoms with Crippen LogP contribution in [0.1, 0.15) is 18.9 Å². The Hall–Kier alpha value is -2.30. The topological polar surface area (TPSA) is 58.1 Å². The Morgan fingerprint density at radius 3 is 2.77 bits per heavy atom. The average molecular weight is 546 g/mol. The lowest BCUT2D eigenvalue weighted by atomic mass is 10.2. The Kier molecular flexibility index (Phi) is 10.1. The highest BCUT2D eigenvalue weighted by molar-refractivity contribution is 14.0. The van der Waals surface area contributed by atoms with E-state index in [0.29, 0.717) is 18.8 Å². The fraction of sp³-hybridized carbons (Fsp3) is 0.409. The van der Waals surface area contributed by atoms with E-state index in [1.54, 1.807) is 19.2 Å². The first-order chi connectivity index (χ1) is 14.6. The molecule has 1 unspecified atom stereocenters. The minimum absolute atomic E-state index is 0. The standard InChI is InChI=1S/C22H28F2N4O2.HI/c1-3-25-22(26-14-16-7-6-8-18(13-16)29-2)27-17-11-12-28(15-17)19-9-4-5-10-20(19)30-21(23)24;/h4-10,13,17,21H,3,11-12,14-15H2,1-2H3,(H2,25,26,27);1H. The summed E-state index contributed by atoms with van der Waals surface area (Å²) in [5.41, 5.74) is 1.73. The predicted octanol–water partition coefficient (Wildman–Crippen LogP) is 4.25. The largest absolute Gasteiger partial charge is 0.497 e. The van der Waals surface area contributed by atoms with E-state index < -0.39 is 6.61 Å². The van der Waals surface area contributed by atoms with Crippen LogP contribution in [0.3, 0.4) is 0 Å². The van der Waals surface area contributed by atoms with E-state index in [1.807, 2.05) is 43.3 Å². The summed E-state index contributed by atoms with van der Waals surface area (Å²) in [6.07, 6.45) is 0.868. The van der Waals surface area contributed by atoms with Gasteiger partial charge in [0, 0.05) is 25.7 Å². The zero-order valence-electron chi connectivity index (χ0n) is 17.7. The Morgan fingerprint density at radius 2 is 2.03 bits per heavy atom. The number of ether oxygens (including phenoxy) is 2. The van der Waals surface area contributed by atoms with Crippen molar-refractivity contribution in [3.63, 3.8) is 0 Å². The summed E-state index contributed by atoms with van der Waals surface area (Å²) in [5.74, 6) is 1.73. The van der Waals surface area contributed by atoms with Gasteiger partial charge in [-0.3, -0.25) is 0 Å². The molecule has 2 N–H and O–H groups in total. The molecule has 0 spiro atoms. The van der Waals surface area contributed by atoms with Crippen molar-refractivity contribution >= 4 is 35.6 Å². The van der Waals surface area contributed by atoms with E-state index >= 15 is 0 Å². The number of methoxy groups -OCH3 is 1. The number of rotatable bonds is 8. The normalized spacial score (nSPS) is 16.1. The van der Waals surface area contributed by atoms with E-state index in [9.17, 15) is 8.78 Å². The number of alkyl halides is 2. The maximum absolute atomic E-state index is 12.7. The van der Waals surface area contributed by atoms with Crippen molar-refractivity contribution < 1.29 is 18.3 Å². The van der Waals surface area contributed by atoms with Crippen LogP contribution in [0.2, 0.25) is 0 Å². The highest BCUT2D eigenvalue weighted by atomic mass is 127. The second-order valence-electron chi connectivity index (χ2n) is 6.97. The summed E-state index contributed by atoms with van der Waals surface area (Å²) in [6.45, 7) is 1.86. The second kappa shape index (κ2) is 12.5. The molecule has 0 aromatic heterocycles. The number of nitrogens with zero attached hydrogens (tertiary/aromatic N) is 2. The van der Waals surface area contributed by atoms with E-state index in [2.05, 4.69) is 25.3 Å². The smallest absolute Gasteiger partial charge is 0.387 e. The van der Waals surface area contributed by atoms with Crippen LogP contribution in [0.4, 0.5) is 14.5 Å². The van der Waals surface area contributed by atoms with Gasteiger partial charge in [-0.1, -0.05) is 24.3 Å². The van der Waals surface area contributed by atoms with Crippen molar-refractivity contribution in [3.05, 3.63) is 54.1 Å². The fourth-order valence-corrected chi connectivity index (χ4v) is 3.47. The summed E-state index contributed by atoms with van der Waals surface area (Å²) in [4.78, 5) is 6.73. The molecular formula is C22H29F2IN4O2. The molecule has 1 saturated heterocycles. The van der Waals surface area contributed by atoms with Crippen LogP contribution in [-0.2, 0) is 6.54 Å². The molecule has 0 saturated carbocycles. The molecule has 1 aliphatic rings. The molecule has 31 heavy (non-hydrogen) atoms. The van der Waals surface area contributed by atoms with Gasteiger partial charge in [-0.15, -0.1) is 24.0 Å². The average Bonchev–Trinajstić information content (AvgIpc) is 3.20. The Bertz CT molecular complexity index is 854. The number of hydrogen-bond donors (Lipinski definition) is 2. The molecule has 0 amide bonds. The summed E-state index contributed by atoms with van der Waals surface area (Å²) < 4.78 is 35.4. The number of benzene rings is 2. The number of anilines is 1. The third kappa shape index (κ3) is 7.41. The van der Waals surface area contributed by atoms with Crippen LogP contribution < -0.4 is 25.0 Å². The lowest BCUT2D eigenvalue weighted by molar-refractivity contribution is -0.0495. The molecule has 2 aromatic carbocycles. The van der Waals surface area contributed by atoms with E-state index in [-0.39, 0.29) is 35.8 Å². The molecule has 1 heterocycles. The predicted molar refractivity (Wildman–Crippen MR) is 130 cm³/mol. The number of aliphatic imine (C=N–C) groups is 1. The van der Waals surface area contributed by atoms with Gasteiger partial charge in [0.2, 0.25) is 0 Å². The Labute approximate surface area is 199 Å². The molecule has 1 atom stereocenters. The highest BCUT2D eigenvalue weighted by Gasteiger charge is 2.26. The van der Waals surface area contributed by atoms with Gasteiger partial charge >= 0.3 is 6.61 Å². The quantitative estimate of drug-likeness (QED) is 0.295. The third-order valence-corrected chi connectivity index (χ3v) is 4.85. The summed E-state index contributed by atoms with van der Waals surface area (Å²) in [7, 11) is 1.64. The number of para-hydroxylation sites is 2. The zero-order chi connectivity index (χ0) is 21.3. The minimum atomic E-state index is -2.84. The SMILES string of the molecule is CCNC(=NCc1cccc(OC)c1)NC1CCN(c2ccccc2OC(F)F)C1.I. The molecule has 0 aliphatic carbocycles. The van der Waals surface area contributed by atoms with Gasteiger partial charge in [0.15, 0.2) is 5.96 Å². The van der Waals surface area contributed by atoms with E-state index in [4.69, 9.17) is 4.74 Å². The number of nitrogens with one attached hydrogen (secondary N) is 2. The van der Waals surface area contributed by atoms with Crippen LogP contribution in [0.15, 0.2) is 53.5 Å². The van der Waals surface area contributed by atoms with E-state index in [0.717, 1.165) is 36.8 Å². The summed E-state index contributed by atoms with van der Waals surface area (Å²) in [5, 5.41) is 6.72. The van der Waals surface area contributed by atoms with Crippen molar-refractivity contribution in [2.45, 2.75) is 32.5 Å². The molecule has 0 bridgehead atoms. The number of hydrogen-bond acceptors (Lipinski definition) is 4. The van der Waals surface area contributed by atoms with Gasteiger partial charge in [0.05, 0.1) is 19.3 Å². The first kappa shape index (κ1) is 25.0. The van der Waals surface area contributed by atoms with Crippen LogP contribution in [0.5, 0.6) is 11.5 Å². The number of guanidine groups is 1. The molecular weight excluding hydrogens is 517 g/mol. The van der Waals surface area contributed by atoms with Crippen LogP contribution >= 0.6 is 24.0 Å². The Balaban J connectivity index is 0.00000341. The molecule has 1 aliphatic heterocycles. The zero-order valence-corrected chi connectivity index (χ0v) is 20.0. The van der Waals surface area contributed by atoms with Gasteiger partial charge in [-0.25, -0.2) is 4.99 Å². The highest BCUT2D eigenvalue weighted by Crippen LogP contribution is 2.31. The molecule has 2 aromatic rings. The van der Waals surface area contributed by atoms with Gasteiger partial charge in [-0.05, 0) is 43.2 Å². The van der Waals surface area contributed by atoms with Crippen molar-refractivity contribution in [3.8, 4) is 11.5 Å². The monoisotopic (exact) mass is 546 g/mol. The molecule has 3 rings (SSSR count). The first-order valence-corrected chi connectivity index (χ1v) is 10.1.